The summed E-state index contributed by atoms with van der Waals surface area (Å²) in [6.07, 6.45) is 1.81. The van der Waals surface area contributed by atoms with Gasteiger partial charge in [-0.15, -0.1) is 0 Å². The number of pyridine rings is 1. The lowest BCUT2D eigenvalue weighted by Crippen LogP contribution is -2.06. The van der Waals surface area contributed by atoms with Gasteiger partial charge in [-0.25, -0.2) is 9.97 Å². The van der Waals surface area contributed by atoms with Crippen molar-refractivity contribution in [3.05, 3.63) is 33.2 Å². The Morgan fingerprint density at radius 1 is 1.22 bits per heavy atom. The number of anilines is 1. The third kappa shape index (κ3) is 2.60. The van der Waals surface area contributed by atoms with E-state index in [4.69, 9.17) is 5.73 Å². The average molecular weight is 354 g/mol. The number of rotatable bonds is 2. The summed E-state index contributed by atoms with van der Waals surface area (Å²) < 4.78 is 0.929. The highest BCUT2D eigenvalue weighted by Crippen LogP contribution is 2.25. The van der Waals surface area contributed by atoms with E-state index in [9.17, 15) is 0 Å². The lowest BCUT2D eigenvalue weighted by Gasteiger charge is -2.11. The van der Waals surface area contributed by atoms with E-state index in [0.717, 1.165) is 20.5 Å². The molecule has 0 aliphatic heterocycles. The summed E-state index contributed by atoms with van der Waals surface area (Å²) >= 11 is 2.19. The predicted molar refractivity (Wildman–Crippen MR) is 81.2 cm³/mol. The first-order valence-corrected chi connectivity index (χ1v) is 6.83. The van der Waals surface area contributed by atoms with Crippen molar-refractivity contribution in [1.82, 2.24) is 15.0 Å². The fourth-order valence-corrected chi connectivity index (χ4v) is 2.44. The second-order valence-corrected chi connectivity index (χ2v) is 5.59. The molecule has 0 aliphatic carbocycles. The highest BCUT2D eigenvalue weighted by Gasteiger charge is 2.14. The molecule has 2 N–H and O–H groups in total. The first-order chi connectivity index (χ1) is 8.49. The zero-order valence-electron chi connectivity index (χ0n) is 10.6. The number of aromatic nitrogens is 3. The largest absolute Gasteiger partial charge is 0.383 e. The molecule has 0 aliphatic rings. The van der Waals surface area contributed by atoms with Crippen LogP contribution in [0.2, 0.25) is 0 Å². The summed E-state index contributed by atoms with van der Waals surface area (Å²) in [5.41, 5.74) is 8.78. The molecule has 0 aromatic carbocycles. The number of nitrogen functional groups attached to an aromatic ring is 1. The molecule has 0 radical (unpaired) electrons. The van der Waals surface area contributed by atoms with Crippen LogP contribution in [0.3, 0.4) is 0 Å². The molecule has 18 heavy (non-hydrogen) atoms. The fraction of sp³-hybridized carbons (Fsp3) is 0.308. The van der Waals surface area contributed by atoms with Crippen molar-refractivity contribution in [2.24, 2.45) is 0 Å². The second kappa shape index (κ2) is 5.17. The van der Waals surface area contributed by atoms with Crippen molar-refractivity contribution in [2.75, 3.05) is 5.73 Å². The first kappa shape index (κ1) is 13.2. The van der Waals surface area contributed by atoms with Gasteiger partial charge in [0.2, 0.25) is 0 Å². The number of hydrogen-bond acceptors (Lipinski definition) is 4. The van der Waals surface area contributed by atoms with Gasteiger partial charge in [-0.3, -0.25) is 4.98 Å². The molecule has 0 spiro atoms. The van der Waals surface area contributed by atoms with E-state index in [1.54, 1.807) is 0 Å². The van der Waals surface area contributed by atoms with Gasteiger partial charge in [-0.2, -0.15) is 0 Å². The quantitative estimate of drug-likeness (QED) is 0.842. The van der Waals surface area contributed by atoms with E-state index in [-0.39, 0.29) is 0 Å². The SMILES string of the molecule is Cc1ccc(-c2nc(N)c(I)c(C(C)C)n2)nc1. The zero-order valence-corrected chi connectivity index (χ0v) is 12.8. The van der Waals surface area contributed by atoms with Gasteiger partial charge in [0.15, 0.2) is 5.82 Å². The van der Waals surface area contributed by atoms with Gasteiger partial charge in [0.25, 0.3) is 0 Å². The van der Waals surface area contributed by atoms with Crippen LogP contribution >= 0.6 is 22.6 Å². The number of nitrogens with zero attached hydrogens (tertiary/aromatic N) is 3. The molecule has 2 aromatic rings. The van der Waals surface area contributed by atoms with Gasteiger partial charge in [0.05, 0.1) is 9.26 Å². The topological polar surface area (TPSA) is 64.7 Å². The summed E-state index contributed by atoms with van der Waals surface area (Å²) in [5.74, 6) is 1.43. The lowest BCUT2D eigenvalue weighted by atomic mass is 10.1. The highest BCUT2D eigenvalue weighted by atomic mass is 127. The van der Waals surface area contributed by atoms with Crippen molar-refractivity contribution in [3.63, 3.8) is 0 Å². The van der Waals surface area contributed by atoms with Gasteiger partial charge in [-0.1, -0.05) is 19.9 Å². The summed E-state index contributed by atoms with van der Waals surface area (Å²) in [4.78, 5) is 13.2. The molecule has 0 unspecified atom stereocenters. The Morgan fingerprint density at radius 3 is 2.50 bits per heavy atom. The zero-order chi connectivity index (χ0) is 13.3. The van der Waals surface area contributed by atoms with E-state index < -0.39 is 0 Å². The van der Waals surface area contributed by atoms with Crippen molar-refractivity contribution < 1.29 is 0 Å². The van der Waals surface area contributed by atoms with Gasteiger partial charge < -0.3 is 5.73 Å². The van der Waals surface area contributed by atoms with Gasteiger partial charge in [-0.05, 0) is 47.1 Å². The standard InChI is InChI=1S/C13H15IN4/c1-7(2)11-10(14)12(15)18-13(17-11)9-5-4-8(3)6-16-9/h4-7H,1-3H3,(H2,15,17,18). The summed E-state index contributed by atoms with van der Waals surface area (Å²) in [5, 5.41) is 0. The van der Waals surface area contributed by atoms with Crippen LogP contribution in [0, 0.1) is 10.5 Å². The summed E-state index contributed by atoms with van der Waals surface area (Å²) in [7, 11) is 0. The Labute approximate surface area is 120 Å². The first-order valence-electron chi connectivity index (χ1n) is 5.75. The Bertz CT molecular complexity index is 564. The molecule has 2 aromatic heterocycles. The lowest BCUT2D eigenvalue weighted by molar-refractivity contribution is 0.809. The van der Waals surface area contributed by atoms with Crippen molar-refractivity contribution in [2.45, 2.75) is 26.7 Å². The molecule has 0 saturated carbocycles. The second-order valence-electron chi connectivity index (χ2n) is 4.51. The van der Waals surface area contributed by atoms with E-state index in [2.05, 4.69) is 51.4 Å². The Morgan fingerprint density at radius 2 is 1.94 bits per heavy atom. The average Bonchev–Trinajstić information content (AvgIpc) is 2.33. The van der Waals surface area contributed by atoms with Crippen molar-refractivity contribution in [1.29, 1.82) is 0 Å². The van der Waals surface area contributed by atoms with Crippen LogP contribution in [0.25, 0.3) is 11.5 Å². The van der Waals surface area contributed by atoms with Crippen LogP contribution in [0.1, 0.15) is 31.0 Å². The molecule has 0 saturated heterocycles. The van der Waals surface area contributed by atoms with Crippen molar-refractivity contribution >= 4 is 28.4 Å². The van der Waals surface area contributed by atoms with E-state index in [1.807, 2.05) is 25.3 Å². The third-order valence-electron chi connectivity index (χ3n) is 2.59. The molecule has 0 bridgehead atoms. The van der Waals surface area contributed by atoms with Crippen LogP contribution in [0.5, 0.6) is 0 Å². The Balaban J connectivity index is 2.55. The van der Waals surface area contributed by atoms with Gasteiger partial charge in [0.1, 0.15) is 11.5 Å². The van der Waals surface area contributed by atoms with Crippen LogP contribution in [0.15, 0.2) is 18.3 Å². The molecule has 2 rings (SSSR count). The van der Waals surface area contributed by atoms with Crippen molar-refractivity contribution in [3.8, 4) is 11.5 Å². The molecule has 5 heteroatoms. The number of halogens is 1. The smallest absolute Gasteiger partial charge is 0.180 e. The number of hydrogen-bond donors (Lipinski definition) is 1. The minimum atomic E-state index is 0.311. The minimum Gasteiger partial charge on any atom is -0.383 e. The molecule has 2 heterocycles. The van der Waals surface area contributed by atoms with E-state index >= 15 is 0 Å². The Kier molecular flexibility index (Phi) is 3.79. The normalized spacial score (nSPS) is 10.9. The molecular weight excluding hydrogens is 339 g/mol. The number of aryl methyl sites for hydroxylation is 1. The minimum absolute atomic E-state index is 0.311. The molecular formula is C13H15IN4. The Hall–Kier alpha value is -1.24. The molecule has 94 valence electrons. The van der Waals surface area contributed by atoms with Crippen LogP contribution in [-0.4, -0.2) is 15.0 Å². The maximum absolute atomic E-state index is 5.94. The maximum atomic E-state index is 5.94. The predicted octanol–water partition coefficient (Wildman–Crippen LogP) is 3.16. The fourth-order valence-electron chi connectivity index (χ4n) is 1.58. The summed E-state index contributed by atoms with van der Waals surface area (Å²) in [6.45, 7) is 6.19. The molecule has 0 fully saturated rings. The number of nitrogens with two attached hydrogens (primary N) is 1. The van der Waals surface area contributed by atoms with Gasteiger partial charge >= 0.3 is 0 Å². The maximum Gasteiger partial charge on any atom is 0.180 e. The van der Waals surface area contributed by atoms with E-state index in [1.165, 1.54) is 0 Å². The molecule has 0 atom stereocenters. The third-order valence-corrected chi connectivity index (χ3v) is 3.70. The van der Waals surface area contributed by atoms with Crippen LogP contribution < -0.4 is 5.73 Å². The summed E-state index contributed by atoms with van der Waals surface area (Å²) in [6, 6.07) is 3.91. The van der Waals surface area contributed by atoms with E-state index in [0.29, 0.717) is 17.6 Å². The van der Waals surface area contributed by atoms with Crippen LogP contribution in [-0.2, 0) is 0 Å². The van der Waals surface area contributed by atoms with Gasteiger partial charge in [0, 0.05) is 6.20 Å². The molecule has 4 nitrogen and oxygen atoms in total. The van der Waals surface area contributed by atoms with Crippen LogP contribution in [0.4, 0.5) is 5.82 Å². The highest BCUT2D eigenvalue weighted by molar-refractivity contribution is 14.1. The monoisotopic (exact) mass is 354 g/mol. The molecule has 0 amide bonds.